The van der Waals surface area contributed by atoms with E-state index in [1.54, 1.807) is 43.3 Å². The van der Waals surface area contributed by atoms with Crippen LogP contribution in [0.5, 0.6) is 0 Å². The number of rotatable bonds is 8. The van der Waals surface area contributed by atoms with Crippen molar-refractivity contribution in [3.05, 3.63) is 101 Å². The van der Waals surface area contributed by atoms with Crippen molar-refractivity contribution in [3.63, 3.8) is 0 Å². The van der Waals surface area contributed by atoms with E-state index in [1.807, 2.05) is 30.3 Å². The summed E-state index contributed by atoms with van der Waals surface area (Å²) in [5, 5.41) is 2.76. The van der Waals surface area contributed by atoms with Crippen LogP contribution >= 0.6 is 11.3 Å². The molecule has 9 heteroatoms. The van der Waals surface area contributed by atoms with E-state index in [4.69, 9.17) is 4.74 Å². The molecule has 0 atom stereocenters. The number of carbonyl (C=O) groups is 2. The van der Waals surface area contributed by atoms with Gasteiger partial charge < -0.3 is 10.1 Å². The van der Waals surface area contributed by atoms with Crippen molar-refractivity contribution < 1.29 is 22.7 Å². The summed E-state index contributed by atoms with van der Waals surface area (Å²) in [6.07, 6.45) is 0. The van der Waals surface area contributed by atoms with E-state index in [0.29, 0.717) is 0 Å². The third-order valence-electron chi connectivity index (χ3n) is 4.97. The van der Waals surface area contributed by atoms with Crippen molar-refractivity contribution >= 4 is 44.6 Å². The maximum atomic E-state index is 13.2. The van der Waals surface area contributed by atoms with Crippen LogP contribution in [-0.2, 0) is 14.8 Å². The van der Waals surface area contributed by atoms with Gasteiger partial charge >= 0.3 is 5.97 Å². The first kappa shape index (κ1) is 24.2. The molecule has 0 spiro atoms. The topological polar surface area (TPSA) is 102 Å². The van der Waals surface area contributed by atoms with Crippen LogP contribution in [0.3, 0.4) is 0 Å². The Morgan fingerprint density at radius 1 is 0.857 bits per heavy atom. The van der Waals surface area contributed by atoms with Crippen LogP contribution in [0.4, 0.5) is 11.4 Å². The highest BCUT2D eigenvalue weighted by atomic mass is 32.2. The van der Waals surface area contributed by atoms with Gasteiger partial charge in [-0.1, -0.05) is 60.7 Å². The third-order valence-corrected chi connectivity index (χ3v) is 7.51. The molecule has 1 heterocycles. The van der Waals surface area contributed by atoms with Gasteiger partial charge in [0.05, 0.1) is 28.4 Å². The van der Waals surface area contributed by atoms with E-state index in [-0.39, 0.29) is 33.3 Å². The fourth-order valence-corrected chi connectivity index (χ4v) is 5.45. The number of hydrogen-bond acceptors (Lipinski definition) is 6. The lowest BCUT2D eigenvalue weighted by Gasteiger charge is -2.13. The van der Waals surface area contributed by atoms with Gasteiger partial charge in [-0.05, 0) is 42.8 Å². The Morgan fingerprint density at radius 3 is 2.17 bits per heavy atom. The summed E-state index contributed by atoms with van der Waals surface area (Å²) in [7, 11) is -3.91. The Kier molecular flexibility index (Phi) is 7.28. The molecule has 1 aromatic heterocycles. The summed E-state index contributed by atoms with van der Waals surface area (Å²) in [6.45, 7) is 1.89. The number of esters is 1. The highest BCUT2D eigenvalue weighted by Crippen LogP contribution is 2.36. The summed E-state index contributed by atoms with van der Waals surface area (Å²) in [5.41, 5.74) is 1.40. The van der Waals surface area contributed by atoms with Gasteiger partial charge in [-0.15, -0.1) is 11.3 Å². The molecule has 4 aromatic rings. The van der Waals surface area contributed by atoms with Gasteiger partial charge in [-0.2, -0.15) is 0 Å². The fourth-order valence-electron chi connectivity index (χ4n) is 3.34. The number of amides is 1. The van der Waals surface area contributed by atoms with Gasteiger partial charge in [0.2, 0.25) is 0 Å². The van der Waals surface area contributed by atoms with Crippen LogP contribution < -0.4 is 10.0 Å². The van der Waals surface area contributed by atoms with Crippen molar-refractivity contribution in [1.82, 2.24) is 0 Å². The maximum Gasteiger partial charge on any atom is 0.350 e. The predicted molar refractivity (Wildman–Crippen MR) is 137 cm³/mol. The molecular weight excluding hydrogens is 484 g/mol. The summed E-state index contributed by atoms with van der Waals surface area (Å²) >= 11 is 1.21. The van der Waals surface area contributed by atoms with Gasteiger partial charge in [0, 0.05) is 4.88 Å². The number of benzene rings is 3. The third kappa shape index (κ3) is 5.59. The molecule has 0 aliphatic rings. The number of nitrogens with one attached hydrogen (secondary N) is 2. The zero-order valence-electron chi connectivity index (χ0n) is 18.7. The van der Waals surface area contributed by atoms with E-state index in [2.05, 4.69) is 10.0 Å². The van der Waals surface area contributed by atoms with Crippen LogP contribution in [0.2, 0.25) is 0 Å². The lowest BCUT2D eigenvalue weighted by molar-refractivity contribution is 0.0533. The van der Waals surface area contributed by atoms with Gasteiger partial charge in [0.25, 0.3) is 15.9 Å². The zero-order valence-corrected chi connectivity index (χ0v) is 20.4. The number of carbonyl (C=O) groups excluding carboxylic acids is 2. The SMILES string of the molecule is CCOC(=O)c1sc(-c2ccccc2)cc1NC(=O)c1ccccc1NS(=O)(=O)c1ccccc1. The average Bonchev–Trinajstić information content (AvgIpc) is 3.29. The highest BCUT2D eigenvalue weighted by Gasteiger charge is 2.23. The molecular formula is C26H22N2O5S2. The molecule has 0 saturated carbocycles. The second kappa shape index (κ2) is 10.5. The van der Waals surface area contributed by atoms with Crippen molar-refractivity contribution in [2.75, 3.05) is 16.6 Å². The molecule has 35 heavy (non-hydrogen) atoms. The molecule has 1 amide bonds. The average molecular weight is 507 g/mol. The molecule has 4 rings (SSSR count). The van der Waals surface area contributed by atoms with Crippen LogP contribution in [0.15, 0.2) is 95.9 Å². The molecule has 0 saturated heterocycles. The fraction of sp³-hybridized carbons (Fsp3) is 0.0769. The Morgan fingerprint density at radius 2 is 1.49 bits per heavy atom. The zero-order chi connectivity index (χ0) is 24.8. The first-order valence-electron chi connectivity index (χ1n) is 10.7. The smallest absolute Gasteiger partial charge is 0.350 e. The Hall–Kier alpha value is -3.95. The molecule has 0 aliphatic heterocycles. The van der Waals surface area contributed by atoms with Crippen molar-refractivity contribution in [3.8, 4) is 10.4 Å². The number of ether oxygens (including phenoxy) is 1. The normalized spacial score (nSPS) is 11.0. The molecule has 2 N–H and O–H groups in total. The molecule has 0 bridgehead atoms. The van der Waals surface area contributed by atoms with Crippen molar-refractivity contribution in [2.45, 2.75) is 11.8 Å². The van der Waals surface area contributed by atoms with E-state index in [9.17, 15) is 18.0 Å². The van der Waals surface area contributed by atoms with Gasteiger partial charge in [0.15, 0.2) is 0 Å². The minimum atomic E-state index is -3.91. The van der Waals surface area contributed by atoms with E-state index < -0.39 is 21.9 Å². The van der Waals surface area contributed by atoms with E-state index in [0.717, 1.165) is 10.4 Å². The maximum absolute atomic E-state index is 13.2. The first-order valence-corrected chi connectivity index (χ1v) is 13.0. The van der Waals surface area contributed by atoms with Crippen LogP contribution in [-0.4, -0.2) is 26.9 Å². The van der Waals surface area contributed by atoms with E-state index in [1.165, 1.54) is 35.6 Å². The quantitative estimate of drug-likeness (QED) is 0.301. The first-order chi connectivity index (χ1) is 16.9. The Balaban J connectivity index is 1.65. The van der Waals surface area contributed by atoms with Gasteiger partial charge in [-0.25, -0.2) is 13.2 Å². The number of para-hydroxylation sites is 1. The molecule has 0 radical (unpaired) electrons. The Bertz CT molecular complexity index is 1450. The molecule has 7 nitrogen and oxygen atoms in total. The Labute approximate surface area is 207 Å². The highest BCUT2D eigenvalue weighted by molar-refractivity contribution is 7.92. The van der Waals surface area contributed by atoms with Crippen LogP contribution in [0, 0.1) is 0 Å². The largest absolute Gasteiger partial charge is 0.462 e. The monoisotopic (exact) mass is 506 g/mol. The standard InChI is InChI=1S/C26H22N2O5S2/c1-2-33-26(30)24-22(17-23(34-24)18-11-5-3-6-12-18)27-25(29)20-15-9-10-16-21(20)28-35(31,32)19-13-7-4-8-14-19/h3-17,28H,2H2,1H3,(H,27,29). The summed E-state index contributed by atoms with van der Waals surface area (Å²) in [5.74, 6) is -1.12. The van der Waals surface area contributed by atoms with Gasteiger partial charge in [-0.3, -0.25) is 9.52 Å². The van der Waals surface area contributed by atoms with Crippen LogP contribution in [0.1, 0.15) is 27.0 Å². The molecule has 0 unspecified atom stereocenters. The minimum Gasteiger partial charge on any atom is -0.462 e. The second-order valence-electron chi connectivity index (χ2n) is 7.36. The summed E-state index contributed by atoms with van der Waals surface area (Å²) in [4.78, 5) is 26.9. The van der Waals surface area contributed by atoms with E-state index >= 15 is 0 Å². The summed E-state index contributed by atoms with van der Waals surface area (Å²) < 4.78 is 33.3. The van der Waals surface area contributed by atoms with Crippen LogP contribution in [0.25, 0.3) is 10.4 Å². The number of sulfonamides is 1. The van der Waals surface area contributed by atoms with Crippen molar-refractivity contribution in [2.24, 2.45) is 0 Å². The van der Waals surface area contributed by atoms with Crippen molar-refractivity contribution in [1.29, 1.82) is 0 Å². The van der Waals surface area contributed by atoms with Gasteiger partial charge in [0.1, 0.15) is 4.88 Å². The lowest BCUT2D eigenvalue weighted by Crippen LogP contribution is -2.19. The second-order valence-corrected chi connectivity index (χ2v) is 10.1. The minimum absolute atomic E-state index is 0.0742. The molecule has 0 aliphatic carbocycles. The molecule has 0 fully saturated rings. The molecule has 3 aromatic carbocycles. The number of thiophene rings is 1. The number of hydrogen-bond donors (Lipinski definition) is 2. The molecule has 178 valence electrons. The predicted octanol–water partition coefficient (Wildman–Crippen LogP) is 5.64. The number of anilines is 2. The summed E-state index contributed by atoms with van der Waals surface area (Å²) in [6, 6.07) is 25.3. The lowest BCUT2D eigenvalue weighted by atomic mass is 10.1.